The SMILES string of the molecule is [c]1ccc2sc(C=Cc3ccccc3)nc2c1. The van der Waals surface area contributed by atoms with Crippen LogP contribution >= 0.6 is 11.3 Å². The van der Waals surface area contributed by atoms with Gasteiger partial charge in [0.25, 0.3) is 0 Å². The van der Waals surface area contributed by atoms with Gasteiger partial charge in [0.2, 0.25) is 0 Å². The summed E-state index contributed by atoms with van der Waals surface area (Å²) >= 11 is 1.70. The molecule has 0 spiro atoms. The lowest BCUT2D eigenvalue weighted by Crippen LogP contribution is -1.70. The predicted molar refractivity (Wildman–Crippen MR) is 73.8 cm³/mol. The third-order valence-electron chi connectivity index (χ3n) is 2.47. The molecule has 0 amide bonds. The average molecular weight is 236 g/mol. The lowest BCUT2D eigenvalue weighted by molar-refractivity contribution is 1.46. The minimum atomic E-state index is 1.02. The molecule has 81 valence electrons. The van der Waals surface area contributed by atoms with Gasteiger partial charge in [0.05, 0.1) is 10.2 Å². The van der Waals surface area contributed by atoms with E-state index in [4.69, 9.17) is 0 Å². The predicted octanol–water partition coefficient (Wildman–Crippen LogP) is 4.27. The van der Waals surface area contributed by atoms with Crippen molar-refractivity contribution in [2.75, 3.05) is 0 Å². The molecule has 2 aromatic carbocycles. The molecule has 3 aromatic rings. The van der Waals surface area contributed by atoms with Crippen LogP contribution in [-0.4, -0.2) is 4.98 Å². The Balaban J connectivity index is 1.92. The zero-order valence-electron chi connectivity index (χ0n) is 9.13. The fraction of sp³-hybridized carbons (Fsp3) is 0. The minimum Gasteiger partial charge on any atom is -0.237 e. The van der Waals surface area contributed by atoms with E-state index in [1.807, 2.05) is 36.4 Å². The molecule has 0 aliphatic heterocycles. The Morgan fingerprint density at radius 3 is 2.76 bits per heavy atom. The van der Waals surface area contributed by atoms with E-state index in [1.54, 1.807) is 11.3 Å². The first kappa shape index (κ1) is 10.2. The number of fused-ring (bicyclic) bond motifs is 1. The number of hydrogen-bond acceptors (Lipinski definition) is 2. The number of hydrogen-bond donors (Lipinski definition) is 0. The van der Waals surface area contributed by atoms with Crippen LogP contribution in [0.5, 0.6) is 0 Å². The van der Waals surface area contributed by atoms with Gasteiger partial charge in [0, 0.05) is 0 Å². The van der Waals surface area contributed by atoms with Crippen molar-refractivity contribution in [3.05, 3.63) is 65.2 Å². The van der Waals surface area contributed by atoms with E-state index in [9.17, 15) is 0 Å². The first-order chi connectivity index (χ1) is 8.42. The number of rotatable bonds is 2. The molecule has 0 atom stereocenters. The summed E-state index contributed by atoms with van der Waals surface area (Å²) in [6.07, 6.45) is 4.14. The molecule has 0 bridgehead atoms. The van der Waals surface area contributed by atoms with Gasteiger partial charge < -0.3 is 0 Å². The Bertz CT molecular complexity index is 620. The van der Waals surface area contributed by atoms with Gasteiger partial charge >= 0.3 is 0 Å². The van der Waals surface area contributed by atoms with Crippen molar-refractivity contribution in [1.29, 1.82) is 0 Å². The fourth-order valence-electron chi connectivity index (χ4n) is 1.64. The van der Waals surface area contributed by atoms with Crippen LogP contribution in [0.2, 0.25) is 0 Å². The molecule has 0 saturated heterocycles. The molecular formula is C15H10NS. The van der Waals surface area contributed by atoms with Crippen molar-refractivity contribution in [1.82, 2.24) is 4.98 Å². The first-order valence-electron chi connectivity index (χ1n) is 5.41. The highest BCUT2D eigenvalue weighted by Gasteiger charge is 1.98. The molecule has 3 rings (SSSR count). The maximum atomic E-state index is 4.53. The zero-order chi connectivity index (χ0) is 11.5. The van der Waals surface area contributed by atoms with E-state index >= 15 is 0 Å². The molecular weight excluding hydrogens is 226 g/mol. The standard InChI is InChI=1S/C15H10NS/c1-2-6-12(7-3-1)10-11-15-16-13-8-4-5-9-14(13)17-15/h1-3,5-11H. The molecule has 1 heterocycles. The van der Waals surface area contributed by atoms with E-state index in [-0.39, 0.29) is 0 Å². The van der Waals surface area contributed by atoms with Gasteiger partial charge in [-0.05, 0) is 29.8 Å². The van der Waals surface area contributed by atoms with Gasteiger partial charge in [0.1, 0.15) is 5.01 Å². The fourth-order valence-corrected chi connectivity index (χ4v) is 2.49. The van der Waals surface area contributed by atoms with Crippen LogP contribution in [0.15, 0.2) is 48.5 Å². The smallest absolute Gasteiger partial charge is 0.117 e. The second kappa shape index (κ2) is 4.52. The molecule has 17 heavy (non-hydrogen) atoms. The third kappa shape index (κ3) is 2.27. The molecule has 1 aromatic heterocycles. The van der Waals surface area contributed by atoms with Gasteiger partial charge in [-0.25, -0.2) is 4.98 Å². The van der Waals surface area contributed by atoms with Crippen LogP contribution in [-0.2, 0) is 0 Å². The van der Waals surface area contributed by atoms with Gasteiger partial charge in [-0.2, -0.15) is 0 Å². The van der Waals surface area contributed by atoms with Crippen molar-refractivity contribution in [2.45, 2.75) is 0 Å². The summed E-state index contributed by atoms with van der Waals surface area (Å²) in [5, 5.41) is 1.03. The number of aromatic nitrogens is 1. The van der Waals surface area contributed by atoms with Crippen molar-refractivity contribution >= 4 is 33.7 Å². The second-order valence-corrected chi connectivity index (χ2v) is 4.75. The molecule has 2 heteroatoms. The van der Waals surface area contributed by atoms with Crippen molar-refractivity contribution < 1.29 is 0 Å². The largest absolute Gasteiger partial charge is 0.237 e. The van der Waals surface area contributed by atoms with Crippen molar-refractivity contribution in [3.63, 3.8) is 0 Å². The Morgan fingerprint density at radius 2 is 1.94 bits per heavy atom. The van der Waals surface area contributed by atoms with Gasteiger partial charge in [0.15, 0.2) is 0 Å². The summed E-state index contributed by atoms with van der Waals surface area (Å²) in [6, 6.07) is 19.2. The molecule has 0 aliphatic carbocycles. The minimum absolute atomic E-state index is 1.02. The van der Waals surface area contributed by atoms with Crippen LogP contribution in [0.4, 0.5) is 0 Å². The van der Waals surface area contributed by atoms with Gasteiger partial charge in [-0.15, -0.1) is 11.3 Å². The number of benzene rings is 2. The molecule has 1 radical (unpaired) electrons. The van der Waals surface area contributed by atoms with Crippen LogP contribution in [0.3, 0.4) is 0 Å². The van der Waals surface area contributed by atoms with E-state index in [1.165, 1.54) is 10.3 Å². The monoisotopic (exact) mass is 236 g/mol. The number of nitrogens with zero attached hydrogens (tertiary/aromatic N) is 1. The molecule has 0 saturated carbocycles. The Hall–Kier alpha value is -1.93. The van der Waals surface area contributed by atoms with Crippen molar-refractivity contribution in [2.24, 2.45) is 0 Å². The highest BCUT2D eigenvalue weighted by atomic mass is 32.1. The lowest BCUT2D eigenvalue weighted by atomic mass is 10.2. The lowest BCUT2D eigenvalue weighted by Gasteiger charge is -1.89. The Kier molecular flexibility index (Phi) is 2.72. The van der Waals surface area contributed by atoms with E-state index < -0.39 is 0 Å². The summed E-state index contributed by atoms with van der Waals surface area (Å²) in [7, 11) is 0. The second-order valence-electron chi connectivity index (χ2n) is 3.69. The molecule has 0 aliphatic rings. The van der Waals surface area contributed by atoms with Crippen LogP contribution in [0.1, 0.15) is 10.6 Å². The summed E-state index contributed by atoms with van der Waals surface area (Å²) in [5.41, 5.74) is 2.21. The quantitative estimate of drug-likeness (QED) is 0.647. The molecule has 1 nitrogen and oxygen atoms in total. The maximum Gasteiger partial charge on any atom is 0.117 e. The number of thiazole rings is 1. The molecule has 0 unspecified atom stereocenters. The summed E-state index contributed by atoms with van der Waals surface area (Å²) in [5.74, 6) is 0. The average Bonchev–Trinajstić information content (AvgIpc) is 2.80. The van der Waals surface area contributed by atoms with Crippen LogP contribution in [0.25, 0.3) is 22.4 Å². The Morgan fingerprint density at radius 1 is 1.06 bits per heavy atom. The van der Waals surface area contributed by atoms with E-state index in [2.05, 4.69) is 35.3 Å². The van der Waals surface area contributed by atoms with Crippen LogP contribution in [0, 0.1) is 6.07 Å². The molecule has 0 fully saturated rings. The third-order valence-corrected chi connectivity index (χ3v) is 3.47. The van der Waals surface area contributed by atoms with Crippen molar-refractivity contribution in [3.8, 4) is 0 Å². The van der Waals surface area contributed by atoms with Crippen LogP contribution < -0.4 is 0 Å². The summed E-state index contributed by atoms with van der Waals surface area (Å²) in [4.78, 5) is 4.53. The van der Waals surface area contributed by atoms with E-state index in [0.29, 0.717) is 0 Å². The topological polar surface area (TPSA) is 12.9 Å². The summed E-state index contributed by atoms with van der Waals surface area (Å²) < 4.78 is 1.21. The highest BCUT2D eigenvalue weighted by molar-refractivity contribution is 7.19. The zero-order valence-corrected chi connectivity index (χ0v) is 9.95. The highest BCUT2D eigenvalue weighted by Crippen LogP contribution is 2.22. The maximum absolute atomic E-state index is 4.53. The molecule has 0 N–H and O–H groups in total. The Labute approximate surface area is 104 Å². The van der Waals surface area contributed by atoms with Gasteiger partial charge in [-0.1, -0.05) is 42.5 Å². The summed E-state index contributed by atoms with van der Waals surface area (Å²) in [6.45, 7) is 0. The normalized spacial score (nSPS) is 11.3. The van der Waals surface area contributed by atoms with E-state index in [0.717, 1.165) is 10.5 Å². The first-order valence-corrected chi connectivity index (χ1v) is 6.23. The van der Waals surface area contributed by atoms with Gasteiger partial charge in [-0.3, -0.25) is 0 Å².